The average Bonchev–Trinajstić information content (AvgIpc) is 2.37. The minimum Gasteiger partial charge on any atom is -0.376 e. The van der Waals surface area contributed by atoms with E-state index in [0.717, 1.165) is 12.8 Å². The van der Waals surface area contributed by atoms with Gasteiger partial charge in [-0.1, -0.05) is 45.4 Å². The molecule has 0 spiro atoms. The van der Waals surface area contributed by atoms with Crippen molar-refractivity contribution in [1.82, 2.24) is 0 Å². The summed E-state index contributed by atoms with van der Waals surface area (Å²) in [7, 11) is 8.41. The molecule has 3 radical (unpaired) electrons. The molecule has 3 nitrogen and oxygen atoms in total. The molecular weight excluding hydrogens is 232 g/mol. The Balaban J connectivity index is 3.82. The minimum absolute atomic E-state index is 0.0830. The fourth-order valence-electron chi connectivity index (χ4n) is 1.92. The number of hydrogen-bond acceptors (Lipinski definition) is 3. The molecule has 0 N–H and O–H groups in total. The summed E-state index contributed by atoms with van der Waals surface area (Å²) >= 11 is 0. The van der Waals surface area contributed by atoms with E-state index in [1.807, 2.05) is 0 Å². The van der Waals surface area contributed by atoms with Crippen molar-refractivity contribution in [3.8, 4) is 0 Å². The molecule has 0 fully saturated rings. The molecular formula is C13H27O3Si. The molecule has 0 saturated heterocycles. The molecule has 0 aromatic heterocycles. The molecule has 0 bridgehead atoms. The summed E-state index contributed by atoms with van der Waals surface area (Å²) in [6.07, 6.45) is 8.51. The molecule has 101 valence electrons. The Morgan fingerprint density at radius 3 is 1.94 bits per heavy atom. The van der Waals surface area contributed by atoms with Crippen LogP contribution < -0.4 is 0 Å². The highest BCUT2D eigenvalue weighted by molar-refractivity contribution is 6.13. The van der Waals surface area contributed by atoms with Crippen molar-refractivity contribution in [2.24, 2.45) is 0 Å². The predicted molar refractivity (Wildman–Crippen MR) is 71.3 cm³/mol. The molecule has 4 heteroatoms. The Morgan fingerprint density at radius 2 is 1.47 bits per heavy atom. The van der Waals surface area contributed by atoms with E-state index >= 15 is 0 Å². The summed E-state index contributed by atoms with van der Waals surface area (Å²) in [6, 6.07) is 0. The fourth-order valence-corrected chi connectivity index (χ4v) is 2.18. The van der Waals surface area contributed by atoms with Gasteiger partial charge in [0.15, 0.2) is 5.41 Å². The second-order valence-corrected chi connectivity index (χ2v) is 5.05. The third kappa shape index (κ3) is 6.55. The zero-order chi connectivity index (χ0) is 13.1. The van der Waals surface area contributed by atoms with Crippen LogP contribution in [0.3, 0.4) is 0 Å². The Kier molecular flexibility index (Phi) is 10.1. The van der Waals surface area contributed by atoms with Gasteiger partial charge in [-0.3, -0.25) is 0 Å². The van der Waals surface area contributed by atoms with Crippen LogP contribution in [0.25, 0.3) is 0 Å². The molecule has 0 aromatic rings. The topological polar surface area (TPSA) is 27.7 Å². The third-order valence-corrected chi connectivity index (χ3v) is 3.86. The maximum absolute atomic E-state index is 5.43. The maximum Gasteiger partial charge on any atom is 0.168 e. The minimum atomic E-state index is -0.821. The van der Waals surface area contributed by atoms with Crippen LogP contribution in [0.1, 0.15) is 51.9 Å². The summed E-state index contributed by atoms with van der Waals surface area (Å²) in [5.74, 6) is 0. The van der Waals surface area contributed by atoms with Crippen LogP contribution in [0, 0.1) is 0 Å². The number of ether oxygens (including phenoxy) is 3. The van der Waals surface area contributed by atoms with Crippen LogP contribution in [0.5, 0.6) is 0 Å². The largest absolute Gasteiger partial charge is 0.376 e. The number of methoxy groups -OCH3 is 3. The zero-order valence-electron chi connectivity index (χ0n) is 11.8. The van der Waals surface area contributed by atoms with Crippen LogP contribution in [0.15, 0.2) is 0 Å². The van der Waals surface area contributed by atoms with Gasteiger partial charge in [-0.2, -0.15) is 0 Å². The van der Waals surface area contributed by atoms with Gasteiger partial charge in [-0.05, 0) is 6.42 Å². The van der Waals surface area contributed by atoms with E-state index in [2.05, 4.69) is 17.2 Å². The molecule has 1 atom stereocenters. The van der Waals surface area contributed by atoms with E-state index in [-0.39, 0.29) is 6.10 Å². The van der Waals surface area contributed by atoms with Gasteiger partial charge in [0, 0.05) is 21.3 Å². The van der Waals surface area contributed by atoms with Gasteiger partial charge in [0.05, 0.1) is 0 Å². The lowest BCUT2D eigenvalue weighted by Gasteiger charge is -2.34. The highest BCUT2D eigenvalue weighted by Crippen LogP contribution is 2.21. The lowest BCUT2D eigenvalue weighted by atomic mass is 10.1. The molecule has 17 heavy (non-hydrogen) atoms. The number of hydrogen-bond donors (Lipinski definition) is 0. The predicted octanol–water partition coefficient (Wildman–Crippen LogP) is 2.87. The van der Waals surface area contributed by atoms with E-state index in [4.69, 9.17) is 14.2 Å². The first-order valence-electron chi connectivity index (χ1n) is 6.52. The third-order valence-electron chi connectivity index (χ3n) is 3.13. The van der Waals surface area contributed by atoms with Crippen molar-refractivity contribution in [3.63, 3.8) is 0 Å². The number of unbranched alkanes of at least 4 members (excludes halogenated alkanes) is 5. The molecule has 0 amide bonds. The summed E-state index contributed by atoms with van der Waals surface area (Å²) in [4.78, 5) is 0. The van der Waals surface area contributed by atoms with Crippen LogP contribution >= 0.6 is 0 Å². The molecule has 0 aliphatic heterocycles. The summed E-state index contributed by atoms with van der Waals surface area (Å²) in [5.41, 5.74) is -0.821. The summed E-state index contributed by atoms with van der Waals surface area (Å²) in [6.45, 7) is 2.23. The van der Waals surface area contributed by atoms with Crippen molar-refractivity contribution in [1.29, 1.82) is 0 Å². The quantitative estimate of drug-likeness (QED) is 0.324. The van der Waals surface area contributed by atoms with E-state index in [1.54, 1.807) is 21.3 Å². The Labute approximate surface area is 110 Å². The maximum atomic E-state index is 5.43. The van der Waals surface area contributed by atoms with Crippen LogP contribution in [-0.2, 0) is 14.2 Å². The van der Waals surface area contributed by atoms with Gasteiger partial charge in [0.1, 0.15) is 16.3 Å². The highest BCUT2D eigenvalue weighted by atomic mass is 28.1. The first-order valence-corrected chi connectivity index (χ1v) is 7.02. The first kappa shape index (κ1) is 17.1. The summed E-state index contributed by atoms with van der Waals surface area (Å²) < 4.78 is 16.0. The van der Waals surface area contributed by atoms with E-state index in [0.29, 0.717) is 0 Å². The Hall–Kier alpha value is 0.0969. The highest BCUT2D eigenvalue weighted by Gasteiger charge is 2.33. The van der Waals surface area contributed by atoms with E-state index < -0.39 is 5.41 Å². The Bertz CT molecular complexity index is 172. The lowest BCUT2D eigenvalue weighted by molar-refractivity contribution is -0.209. The van der Waals surface area contributed by atoms with Gasteiger partial charge in [0.25, 0.3) is 0 Å². The van der Waals surface area contributed by atoms with E-state index in [9.17, 15) is 0 Å². The van der Waals surface area contributed by atoms with Crippen LogP contribution in [0.2, 0.25) is 0 Å². The summed E-state index contributed by atoms with van der Waals surface area (Å²) in [5, 5.41) is 0. The van der Waals surface area contributed by atoms with Crippen molar-refractivity contribution >= 4 is 10.2 Å². The molecule has 0 rings (SSSR count). The molecule has 0 aliphatic carbocycles. The van der Waals surface area contributed by atoms with Crippen molar-refractivity contribution in [2.75, 3.05) is 21.3 Å². The van der Waals surface area contributed by atoms with Gasteiger partial charge < -0.3 is 14.2 Å². The molecule has 0 saturated carbocycles. The van der Waals surface area contributed by atoms with E-state index in [1.165, 1.54) is 32.1 Å². The van der Waals surface area contributed by atoms with Gasteiger partial charge in [0.2, 0.25) is 0 Å². The van der Waals surface area contributed by atoms with Gasteiger partial charge >= 0.3 is 0 Å². The molecule has 0 aromatic carbocycles. The fraction of sp³-hybridized carbons (Fsp3) is 1.00. The SMILES string of the molecule is CCCCCCCCC(OC)C([Si])(OC)OC. The molecule has 1 unspecified atom stereocenters. The second-order valence-electron chi connectivity index (χ2n) is 4.36. The molecule has 0 aliphatic rings. The zero-order valence-corrected chi connectivity index (χ0v) is 12.8. The Morgan fingerprint density at radius 1 is 0.941 bits per heavy atom. The van der Waals surface area contributed by atoms with Crippen LogP contribution in [-0.4, -0.2) is 43.1 Å². The molecule has 0 heterocycles. The number of rotatable bonds is 11. The van der Waals surface area contributed by atoms with Crippen molar-refractivity contribution in [3.05, 3.63) is 0 Å². The first-order chi connectivity index (χ1) is 8.14. The smallest absolute Gasteiger partial charge is 0.168 e. The normalized spacial score (nSPS) is 13.9. The van der Waals surface area contributed by atoms with Crippen molar-refractivity contribution < 1.29 is 14.2 Å². The second kappa shape index (κ2) is 10.1. The monoisotopic (exact) mass is 259 g/mol. The standard InChI is InChI=1S/C13H27O3Si/c1-5-6-7-8-9-10-11-12(14-2)13(17,15-3)16-4/h12H,5-11H2,1-4H3. The lowest BCUT2D eigenvalue weighted by Crippen LogP contribution is -2.47. The van der Waals surface area contributed by atoms with Gasteiger partial charge in [-0.25, -0.2) is 0 Å². The van der Waals surface area contributed by atoms with Crippen molar-refractivity contribution in [2.45, 2.75) is 63.4 Å². The van der Waals surface area contributed by atoms with Gasteiger partial charge in [-0.15, -0.1) is 0 Å². The van der Waals surface area contributed by atoms with Crippen LogP contribution in [0.4, 0.5) is 0 Å². The average molecular weight is 259 g/mol.